The van der Waals surface area contributed by atoms with Crippen LogP contribution in [0.4, 0.5) is 0 Å². The van der Waals surface area contributed by atoms with E-state index in [1.165, 1.54) is 11.8 Å². The fourth-order valence-electron chi connectivity index (χ4n) is 1.54. The number of carboxylic acid groups (broad SMARTS) is 1. The molecule has 18 heavy (non-hydrogen) atoms. The van der Waals surface area contributed by atoms with Crippen LogP contribution in [0.15, 0.2) is 58.3 Å². The number of phenols is 1. The molecule has 0 aliphatic rings. The van der Waals surface area contributed by atoms with E-state index in [0.29, 0.717) is 0 Å². The highest BCUT2D eigenvalue weighted by Gasteiger charge is 2.03. The van der Waals surface area contributed by atoms with Gasteiger partial charge in [-0.15, -0.1) is 0 Å². The summed E-state index contributed by atoms with van der Waals surface area (Å²) in [5.41, 5.74) is 0.784. The fourth-order valence-corrected chi connectivity index (χ4v) is 2.45. The Morgan fingerprint density at radius 3 is 2.44 bits per heavy atom. The van der Waals surface area contributed by atoms with Gasteiger partial charge < -0.3 is 10.2 Å². The predicted molar refractivity (Wildman–Crippen MR) is 70.0 cm³/mol. The first-order chi connectivity index (χ1) is 8.63. The van der Waals surface area contributed by atoms with E-state index in [0.717, 1.165) is 15.4 Å². The second-order valence-corrected chi connectivity index (χ2v) is 4.96. The van der Waals surface area contributed by atoms with Crippen LogP contribution in [0.2, 0.25) is 0 Å². The van der Waals surface area contributed by atoms with Gasteiger partial charge in [-0.1, -0.05) is 23.9 Å². The van der Waals surface area contributed by atoms with Gasteiger partial charge >= 0.3 is 5.97 Å². The highest BCUT2D eigenvalue weighted by atomic mass is 32.2. The first kappa shape index (κ1) is 12.5. The number of carboxylic acids is 1. The van der Waals surface area contributed by atoms with Crippen LogP contribution in [0.1, 0.15) is 5.56 Å². The Labute approximate surface area is 109 Å². The van der Waals surface area contributed by atoms with Crippen LogP contribution in [-0.2, 0) is 11.2 Å². The third kappa shape index (κ3) is 3.53. The van der Waals surface area contributed by atoms with Gasteiger partial charge in [-0.25, -0.2) is 0 Å². The second kappa shape index (κ2) is 5.60. The van der Waals surface area contributed by atoms with Gasteiger partial charge in [0, 0.05) is 9.79 Å². The van der Waals surface area contributed by atoms with Crippen LogP contribution in [0, 0.1) is 0 Å². The molecule has 0 bridgehead atoms. The Balaban J connectivity index is 2.13. The molecule has 2 N–H and O–H groups in total. The molecule has 0 saturated carbocycles. The molecule has 2 aromatic carbocycles. The van der Waals surface area contributed by atoms with E-state index in [-0.39, 0.29) is 12.2 Å². The molecule has 4 heteroatoms. The van der Waals surface area contributed by atoms with Gasteiger partial charge in [0.1, 0.15) is 5.75 Å². The van der Waals surface area contributed by atoms with Crippen LogP contribution < -0.4 is 0 Å². The summed E-state index contributed by atoms with van der Waals surface area (Å²) in [7, 11) is 0. The minimum Gasteiger partial charge on any atom is -0.508 e. The Morgan fingerprint density at radius 1 is 1.06 bits per heavy atom. The minimum absolute atomic E-state index is 0.0317. The maximum Gasteiger partial charge on any atom is 0.307 e. The third-order valence-electron chi connectivity index (χ3n) is 2.33. The molecule has 92 valence electrons. The highest BCUT2D eigenvalue weighted by molar-refractivity contribution is 7.99. The zero-order valence-corrected chi connectivity index (χ0v) is 10.4. The summed E-state index contributed by atoms with van der Waals surface area (Å²) in [6.45, 7) is 0. The van der Waals surface area contributed by atoms with Gasteiger partial charge in [0.15, 0.2) is 0 Å². The van der Waals surface area contributed by atoms with E-state index in [1.807, 2.05) is 30.3 Å². The number of hydrogen-bond acceptors (Lipinski definition) is 3. The Hall–Kier alpha value is -1.94. The van der Waals surface area contributed by atoms with E-state index in [4.69, 9.17) is 5.11 Å². The van der Waals surface area contributed by atoms with Crippen molar-refractivity contribution in [1.29, 1.82) is 0 Å². The molecule has 2 aromatic rings. The molecular formula is C14H12O3S. The van der Waals surface area contributed by atoms with Gasteiger partial charge in [0.25, 0.3) is 0 Å². The lowest BCUT2D eigenvalue weighted by molar-refractivity contribution is -0.136. The number of carbonyl (C=O) groups is 1. The van der Waals surface area contributed by atoms with Crippen LogP contribution in [0.25, 0.3) is 0 Å². The number of aliphatic carboxylic acids is 1. The van der Waals surface area contributed by atoms with E-state index < -0.39 is 5.97 Å². The molecule has 0 aromatic heterocycles. The SMILES string of the molecule is O=C(O)Cc1cccc(Sc2ccc(O)cc2)c1. The molecule has 0 atom stereocenters. The van der Waals surface area contributed by atoms with Crippen LogP contribution >= 0.6 is 11.8 Å². The molecule has 0 radical (unpaired) electrons. The molecule has 2 rings (SSSR count). The van der Waals surface area contributed by atoms with Crippen LogP contribution in [0.5, 0.6) is 5.75 Å². The maximum absolute atomic E-state index is 10.6. The molecule has 0 fully saturated rings. The molecule has 0 saturated heterocycles. The standard InChI is InChI=1S/C14H12O3S/c15-11-4-6-12(7-5-11)18-13-3-1-2-10(8-13)9-14(16)17/h1-8,15H,9H2,(H,16,17). The van der Waals surface area contributed by atoms with Gasteiger partial charge in [-0.05, 0) is 42.0 Å². The summed E-state index contributed by atoms with van der Waals surface area (Å²) in [6.07, 6.45) is 0.0317. The van der Waals surface area contributed by atoms with Crippen molar-refractivity contribution in [3.63, 3.8) is 0 Å². The molecule has 3 nitrogen and oxygen atoms in total. The first-order valence-corrected chi connectivity index (χ1v) is 6.23. The molecule has 0 aliphatic carbocycles. The van der Waals surface area contributed by atoms with Crippen molar-refractivity contribution >= 4 is 17.7 Å². The Morgan fingerprint density at radius 2 is 1.78 bits per heavy atom. The van der Waals surface area contributed by atoms with Crippen molar-refractivity contribution < 1.29 is 15.0 Å². The summed E-state index contributed by atoms with van der Waals surface area (Å²) < 4.78 is 0. The van der Waals surface area contributed by atoms with Gasteiger partial charge in [-0.2, -0.15) is 0 Å². The quantitative estimate of drug-likeness (QED) is 0.886. The fraction of sp³-hybridized carbons (Fsp3) is 0.0714. The van der Waals surface area contributed by atoms with Crippen LogP contribution in [-0.4, -0.2) is 16.2 Å². The molecule has 0 amide bonds. The van der Waals surface area contributed by atoms with E-state index in [2.05, 4.69) is 0 Å². The smallest absolute Gasteiger partial charge is 0.307 e. The molecule has 0 spiro atoms. The van der Waals surface area contributed by atoms with Gasteiger partial charge in [0.05, 0.1) is 6.42 Å². The highest BCUT2D eigenvalue weighted by Crippen LogP contribution is 2.29. The molecule has 0 aliphatic heterocycles. The number of benzene rings is 2. The predicted octanol–water partition coefficient (Wildman–Crippen LogP) is 3.17. The zero-order valence-electron chi connectivity index (χ0n) is 9.54. The van der Waals surface area contributed by atoms with Gasteiger partial charge in [0.2, 0.25) is 0 Å². The normalized spacial score (nSPS) is 10.2. The molecule has 0 heterocycles. The van der Waals surface area contributed by atoms with Crippen molar-refractivity contribution in [2.75, 3.05) is 0 Å². The average Bonchev–Trinajstić information content (AvgIpc) is 2.32. The number of aromatic hydroxyl groups is 1. The monoisotopic (exact) mass is 260 g/mol. The summed E-state index contributed by atoms with van der Waals surface area (Å²) in [5, 5.41) is 17.9. The second-order valence-electron chi connectivity index (χ2n) is 3.81. The number of phenolic OH excluding ortho intramolecular Hbond substituents is 1. The lowest BCUT2D eigenvalue weighted by Crippen LogP contribution is -1.99. The van der Waals surface area contributed by atoms with E-state index in [9.17, 15) is 9.90 Å². The third-order valence-corrected chi connectivity index (χ3v) is 3.32. The molecular weight excluding hydrogens is 248 g/mol. The largest absolute Gasteiger partial charge is 0.508 e. The lowest BCUT2D eigenvalue weighted by atomic mass is 10.2. The minimum atomic E-state index is -0.832. The van der Waals surface area contributed by atoms with Crippen molar-refractivity contribution in [2.45, 2.75) is 16.2 Å². The first-order valence-electron chi connectivity index (χ1n) is 5.41. The average molecular weight is 260 g/mol. The topological polar surface area (TPSA) is 57.5 Å². The Kier molecular flexibility index (Phi) is 3.89. The van der Waals surface area contributed by atoms with Crippen LogP contribution in [0.3, 0.4) is 0 Å². The summed E-state index contributed by atoms with van der Waals surface area (Å²) in [4.78, 5) is 12.6. The van der Waals surface area contributed by atoms with Crippen molar-refractivity contribution in [2.24, 2.45) is 0 Å². The van der Waals surface area contributed by atoms with Crippen molar-refractivity contribution in [3.8, 4) is 5.75 Å². The van der Waals surface area contributed by atoms with Gasteiger partial charge in [-0.3, -0.25) is 4.79 Å². The Bertz CT molecular complexity index is 549. The zero-order chi connectivity index (χ0) is 13.0. The van der Waals surface area contributed by atoms with Crippen molar-refractivity contribution in [3.05, 3.63) is 54.1 Å². The lowest BCUT2D eigenvalue weighted by Gasteiger charge is -2.04. The summed E-state index contributed by atoms with van der Waals surface area (Å²) in [6, 6.07) is 14.4. The maximum atomic E-state index is 10.6. The molecule has 0 unspecified atom stereocenters. The summed E-state index contributed by atoms with van der Waals surface area (Å²) >= 11 is 1.53. The van der Waals surface area contributed by atoms with Crippen molar-refractivity contribution in [1.82, 2.24) is 0 Å². The summed E-state index contributed by atoms with van der Waals surface area (Å²) in [5.74, 6) is -0.597. The number of rotatable bonds is 4. The van der Waals surface area contributed by atoms with E-state index in [1.54, 1.807) is 18.2 Å². The van der Waals surface area contributed by atoms with E-state index >= 15 is 0 Å². The number of hydrogen-bond donors (Lipinski definition) is 2.